The Morgan fingerprint density at radius 2 is 2.00 bits per heavy atom. The maximum Gasteiger partial charge on any atom is 0.213 e. The lowest BCUT2D eigenvalue weighted by Gasteiger charge is -2.15. The van der Waals surface area contributed by atoms with Crippen LogP contribution in [0.5, 0.6) is 5.88 Å². The van der Waals surface area contributed by atoms with Gasteiger partial charge < -0.3 is 10.1 Å². The van der Waals surface area contributed by atoms with Gasteiger partial charge in [0.1, 0.15) is 0 Å². The first kappa shape index (κ1) is 14.9. The second kappa shape index (κ2) is 6.27. The molecular weight excluding hydrogens is 268 g/mol. The van der Waals surface area contributed by atoms with Gasteiger partial charge in [0.2, 0.25) is 5.88 Å². The van der Waals surface area contributed by atoms with Gasteiger partial charge in [-0.1, -0.05) is 20.8 Å². The second-order valence-electron chi connectivity index (χ2n) is 5.69. The highest BCUT2D eigenvalue weighted by Gasteiger charge is 2.15. The molecule has 2 rings (SSSR count). The summed E-state index contributed by atoms with van der Waals surface area (Å²) in [5.74, 6) is 0.671. The molecule has 0 aliphatic rings. The van der Waals surface area contributed by atoms with Crippen LogP contribution in [0.4, 0.5) is 5.69 Å². The molecule has 0 aliphatic carbocycles. The number of anilines is 1. The molecule has 0 amide bonds. The minimum Gasteiger partial charge on any atom is -0.478 e. The van der Waals surface area contributed by atoms with Crippen molar-refractivity contribution >= 4 is 17.0 Å². The van der Waals surface area contributed by atoms with Crippen molar-refractivity contribution in [3.8, 4) is 5.88 Å². The molecule has 0 atom stereocenters. The van der Waals surface area contributed by atoms with Crippen LogP contribution in [0.25, 0.3) is 0 Å². The highest BCUT2D eigenvalue weighted by Crippen LogP contribution is 2.29. The molecule has 4 heteroatoms. The molecule has 2 aromatic heterocycles. The molecule has 1 N–H and O–H groups in total. The largest absolute Gasteiger partial charge is 0.478 e. The normalized spacial score (nSPS) is 11.4. The number of hydrogen-bond donors (Lipinski definition) is 1. The Bertz CT molecular complexity index is 540. The fraction of sp³-hybridized carbons (Fsp3) is 0.438. The summed E-state index contributed by atoms with van der Waals surface area (Å²) < 4.78 is 5.33. The van der Waals surface area contributed by atoms with Gasteiger partial charge in [0.25, 0.3) is 0 Å². The van der Waals surface area contributed by atoms with Crippen molar-refractivity contribution in [1.82, 2.24) is 4.98 Å². The molecule has 0 aromatic carbocycles. The molecular formula is C16H22N2OS. The number of rotatable bonds is 5. The molecule has 2 heterocycles. The zero-order chi connectivity index (χ0) is 14.6. The van der Waals surface area contributed by atoms with Gasteiger partial charge in [0.15, 0.2) is 0 Å². The molecule has 0 spiro atoms. The minimum absolute atomic E-state index is 0.226. The van der Waals surface area contributed by atoms with Crippen LogP contribution in [0.2, 0.25) is 0 Å². The highest BCUT2D eigenvalue weighted by molar-refractivity contribution is 7.12. The van der Waals surface area contributed by atoms with Gasteiger partial charge >= 0.3 is 0 Å². The molecule has 0 fully saturated rings. The minimum atomic E-state index is 0.226. The van der Waals surface area contributed by atoms with Gasteiger partial charge in [-0.15, -0.1) is 11.3 Å². The zero-order valence-corrected chi connectivity index (χ0v) is 13.4. The van der Waals surface area contributed by atoms with Gasteiger partial charge in [0, 0.05) is 22.4 Å². The Morgan fingerprint density at radius 1 is 1.20 bits per heavy atom. The van der Waals surface area contributed by atoms with Crippen molar-refractivity contribution in [2.45, 2.75) is 39.7 Å². The topological polar surface area (TPSA) is 34.1 Å². The summed E-state index contributed by atoms with van der Waals surface area (Å²) in [5.41, 5.74) is 1.24. The third-order valence-electron chi connectivity index (χ3n) is 2.90. The maximum absolute atomic E-state index is 5.33. The van der Waals surface area contributed by atoms with Crippen molar-refractivity contribution in [3.63, 3.8) is 0 Å². The van der Waals surface area contributed by atoms with E-state index in [4.69, 9.17) is 4.74 Å². The van der Waals surface area contributed by atoms with Crippen molar-refractivity contribution in [2.75, 3.05) is 11.9 Å². The van der Waals surface area contributed by atoms with E-state index in [0.717, 1.165) is 12.2 Å². The first-order chi connectivity index (χ1) is 9.49. The molecule has 3 nitrogen and oxygen atoms in total. The first-order valence-corrected chi connectivity index (χ1v) is 7.72. The van der Waals surface area contributed by atoms with Gasteiger partial charge in [-0.05, 0) is 30.5 Å². The van der Waals surface area contributed by atoms with Gasteiger partial charge in [-0.3, -0.25) is 0 Å². The van der Waals surface area contributed by atoms with E-state index in [2.05, 4.69) is 43.2 Å². The number of ether oxygens (including phenoxy) is 1. The lowest BCUT2D eigenvalue weighted by molar-refractivity contribution is 0.327. The maximum atomic E-state index is 5.33. The Labute approximate surface area is 125 Å². The van der Waals surface area contributed by atoms with Crippen molar-refractivity contribution in [3.05, 3.63) is 40.2 Å². The molecule has 20 heavy (non-hydrogen) atoms. The summed E-state index contributed by atoms with van der Waals surface area (Å²) in [6.07, 6.45) is 1.81. The second-order valence-corrected chi connectivity index (χ2v) is 6.86. The fourth-order valence-electron chi connectivity index (χ4n) is 1.78. The molecule has 108 valence electrons. The van der Waals surface area contributed by atoms with Crippen LogP contribution in [0.3, 0.4) is 0 Å². The summed E-state index contributed by atoms with van der Waals surface area (Å²) in [6.45, 7) is 10.2. The van der Waals surface area contributed by atoms with E-state index < -0.39 is 0 Å². The quantitative estimate of drug-likeness (QED) is 0.883. The predicted octanol–water partition coefficient (Wildman–Crippen LogP) is 4.45. The van der Waals surface area contributed by atoms with Crippen LogP contribution in [-0.4, -0.2) is 11.6 Å². The van der Waals surface area contributed by atoms with E-state index in [9.17, 15) is 0 Å². The van der Waals surface area contributed by atoms with E-state index in [0.29, 0.717) is 12.5 Å². The molecule has 0 aliphatic heterocycles. The molecule has 0 unspecified atom stereocenters. The van der Waals surface area contributed by atoms with Crippen LogP contribution in [0.15, 0.2) is 30.5 Å². The number of hydrogen-bond acceptors (Lipinski definition) is 4. The highest BCUT2D eigenvalue weighted by atomic mass is 32.1. The SMILES string of the molecule is CCOc1ccc(NCc2ccc(C(C)(C)C)s2)cn1. The molecule has 0 bridgehead atoms. The number of pyridine rings is 1. The lowest BCUT2D eigenvalue weighted by atomic mass is 9.95. The fourth-order valence-corrected chi connectivity index (χ4v) is 2.79. The van der Waals surface area contributed by atoms with Crippen LogP contribution >= 0.6 is 11.3 Å². The summed E-state index contributed by atoms with van der Waals surface area (Å²) in [7, 11) is 0. The Hall–Kier alpha value is -1.55. The van der Waals surface area contributed by atoms with Crippen molar-refractivity contribution in [1.29, 1.82) is 0 Å². The first-order valence-electron chi connectivity index (χ1n) is 6.91. The molecule has 0 radical (unpaired) electrons. The Balaban J connectivity index is 1.93. The molecule has 0 saturated heterocycles. The Morgan fingerprint density at radius 3 is 2.55 bits per heavy atom. The van der Waals surface area contributed by atoms with Crippen molar-refractivity contribution in [2.24, 2.45) is 0 Å². The van der Waals surface area contributed by atoms with Crippen LogP contribution in [0, 0.1) is 0 Å². The van der Waals surface area contributed by atoms with Crippen LogP contribution in [-0.2, 0) is 12.0 Å². The molecule has 2 aromatic rings. The summed E-state index contributed by atoms with van der Waals surface area (Å²) in [6, 6.07) is 8.30. The predicted molar refractivity (Wildman–Crippen MR) is 85.8 cm³/mol. The van der Waals surface area contributed by atoms with Gasteiger partial charge in [-0.2, -0.15) is 0 Å². The summed E-state index contributed by atoms with van der Waals surface area (Å²) in [4.78, 5) is 7.00. The van der Waals surface area contributed by atoms with E-state index in [-0.39, 0.29) is 5.41 Å². The zero-order valence-electron chi connectivity index (χ0n) is 12.6. The Kier molecular flexibility index (Phi) is 4.65. The van der Waals surface area contributed by atoms with Gasteiger partial charge in [0.05, 0.1) is 18.5 Å². The summed E-state index contributed by atoms with van der Waals surface area (Å²) >= 11 is 1.86. The number of thiophene rings is 1. The number of nitrogens with zero attached hydrogens (tertiary/aromatic N) is 1. The van der Waals surface area contributed by atoms with E-state index in [1.807, 2.05) is 36.6 Å². The lowest BCUT2D eigenvalue weighted by Crippen LogP contribution is -2.07. The molecule has 0 saturated carbocycles. The van der Waals surface area contributed by atoms with Gasteiger partial charge in [-0.25, -0.2) is 4.98 Å². The third-order valence-corrected chi connectivity index (χ3v) is 4.41. The van der Waals surface area contributed by atoms with E-state index in [1.54, 1.807) is 0 Å². The van der Waals surface area contributed by atoms with Crippen LogP contribution < -0.4 is 10.1 Å². The average molecular weight is 290 g/mol. The standard InChI is InChI=1S/C16H22N2OS/c1-5-19-15-9-6-12(10-18-15)17-11-13-7-8-14(20-13)16(2,3)4/h6-10,17H,5,11H2,1-4H3. The average Bonchev–Trinajstić information content (AvgIpc) is 2.87. The number of aromatic nitrogens is 1. The van der Waals surface area contributed by atoms with E-state index >= 15 is 0 Å². The summed E-state index contributed by atoms with van der Waals surface area (Å²) in [5, 5.41) is 3.39. The number of nitrogens with one attached hydrogen (secondary N) is 1. The van der Waals surface area contributed by atoms with Crippen LogP contribution in [0.1, 0.15) is 37.4 Å². The monoisotopic (exact) mass is 290 g/mol. The van der Waals surface area contributed by atoms with E-state index in [1.165, 1.54) is 9.75 Å². The van der Waals surface area contributed by atoms with Crippen molar-refractivity contribution < 1.29 is 4.74 Å². The smallest absolute Gasteiger partial charge is 0.213 e. The third kappa shape index (κ3) is 3.97.